The van der Waals surface area contributed by atoms with Gasteiger partial charge in [0.1, 0.15) is 23.4 Å². The lowest BCUT2D eigenvalue weighted by molar-refractivity contribution is -0.134. The minimum Gasteiger partial charge on any atom is -0.396 e. The Morgan fingerprint density at radius 1 is 1.30 bits per heavy atom. The first-order valence-corrected chi connectivity index (χ1v) is 9.58. The average Bonchev–Trinajstić information content (AvgIpc) is 2.79. The van der Waals surface area contributed by atoms with E-state index >= 15 is 0 Å². The monoisotopic (exact) mass is 403 g/mol. The third kappa shape index (κ3) is 4.52. The van der Waals surface area contributed by atoms with Crippen molar-refractivity contribution in [1.29, 1.82) is 0 Å². The Bertz CT molecular complexity index is 624. The molecule has 1 fully saturated rings. The van der Waals surface area contributed by atoms with Crippen LogP contribution in [0.15, 0.2) is 6.33 Å². The van der Waals surface area contributed by atoms with Crippen LogP contribution in [0.4, 0.5) is 5.82 Å². The molecule has 0 saturated heterocycles. The van der Waals surface area contributed by atoms with E-state index in [-0.39, 0.29) is 11.8 Å². The quantitative estimate of drug-likeness (QED) is 0.361. The lowest BCUT2D eigenvalue weighted by atomic mass is 9.77. The Morgan fingerprint density at radius 3 is 2.44 bits per heavy atom. The zero-order valence-corrected chi connectivity index (χ0v) is 17.0. The molecule has 1 aromatic rings. The molecule has 9 heteroatoms. The molecule has 8 nitrogen and oxygen atoms in total. The maximum atomic E-state index is 10.7. The minimum absolute atomic E-state index is 0.247. The molecule has 1 saturated carbocycles. The van der Waals surface area contributed by atoms with Gasteiger partial charge in [0.25, 0.3) is 0 Å². The first-order valence-electron chi connectivity index (χ1n) is 9.20. The van der Waals surface area contributed by atoms with Gasteiger partial charge in [0.2, 0.25) is 0 Å². The predicted octanol–water partition coefficient (Wildman–Crippen LogP) is 1.37. The van der Waals surface area contributed by atoms with Crippen LogP contribution in [0.1, 0.15) is 39.7 Å². The lowest BCUT2D eigenvalue weighted by Gasteiger charge is -2.36. The number of nitrogens with zero attached hydrogens (tertiary/aromatic N) is 2. The van der Waals surface area contributed by atoms with Gasteiger partial charge in [-0.15, -0.1) is 0 Å². The predicted molar refractivity (Wildman–Crippen MR) is 102 cm³/mol. The van der Waals surface area contributed by atoms with E-state index < -0.39 is 29.5 Å². The molecule has 0 radical (unpaired) electrons. The van der Waals surface area contributed by atoms with Crippen LogP contribution in [-0.4, -0.2) is 69.1 Å². The molecule has 0 unspecified atom stereocenters. The van der Waals surface area contributed by atoms with Gasteiger partial charge in [-0.2, -0.15) is 0 Å². The highest BCUT2D eigenvalue weighted by molar-refractivity contribution is 6.30. The normalized spacial score (nSPS) is 30.9. The van der Waals surface area contributed by atoms with Crippen LogP contribution < -0.4 is 5.32 Å². The lowest BCUT2D eigenvalue weighted by Crippen LogP contribution is -2.50. The van der Waals surface area contributed by atoms with Gasteiger partial charge in [0.05, 0.1) is 18.2 Å². The van der Waals surface area contributed by atoms with Gasteiger partial charge in [-0.3, -0.25) is 0 Å². The second kappa shape index (κ2) is 8.98. The fourth-order valence-electron chi connectivity index (χ4n) is 3.48. The van der Waals surface area contributed by atoms with E-state index in [1.165, 1.54) is 13.3 Å². The van der Waals surface area contributed by atoms with E-state index in [1.807, 2.05) is 13.8 Å². The molecule has 0 aromatic carbocycles. The van der Waals surface area contributed by atoms with Crippen LogP contribution in [0.25, 0.3) is 0 Å². The first kappa shape index (κ1) is 22.3. The standard InChI is InChI=1S/C18H30ClN3O5/c1-5-26-13(27-6-2)7-11-15(19)20-10-21-16(11)22-12-8-17(3,9-23)18(4,25)14(12)24/h10,12-14,23-25H,5-9H2,1-4H3,(H,20,21,22)/t12-,14+,17-,18+/m1/s1. The number of ether oxygens (including phenoxy) is 2. The van der Waals surface area contributed by atoms with Gasteiger partial charge in [-0.25, -0.2) is 9.97 Å². The number of rotatable bonds is 9. The van der Waals surface area contributed by atoms with Crippen molar-refractivity contribution in [2.75, 3.05) is 25.1 Å². The van der Waals surface area contributed by atoms with Gasteiger partial charge in [-0.05, 0) is 27.2 Å². The van der Waals surface area contributed by atoms with Crippen molar-refractivity contribution >= 4 is 17.4 Å². The fraction of sp³-hybridized carbons (Fsp3) is 0.778. The summed E-state index contributed by atoms with van der Waals surface area (Å²) in [6.45, 7) is 7.75. The fourth-order valence-corrected chi connectivity index (χ4v) is 3.69. The molecule has 4 atom stereocenters. The van der Waals surface area contributed by atoms with Crippen LogP contribution >= 0.6 is 11.6 Å². The number of hydrogen-bond donors (Lipinski definition) is 4. The Morgan fingerprint density at radius 2 is 1.93 bits per heavy atom. The van der Waals surface area contributed by atoms with Crippen LogP contribution in [0.5, 0.6) is 0 Å². The summed E-state index contributed by atoms with van der Waals surface area (Å²) >= 11 is 6.28. The summed E-state index contributed by atoms with van der Waals surface area (Å²) in [5, 5.41) is 34.4. The summed E-state index contributed by atoms with van der Waals surface area (Å²) in [4.78, 5) is 8.29. The second-order valence-electron chi connectivity index (χ2n) is 7.30. The molecule has 0 amide bonds. The molecule has 1 aliphatic rings. The smallest absolute Gasteiger partial charge is 0.161 e. The van der Waals surface area contributed by atoms with Gasteiger partial charge >= 0.3 is 0 Å². The topological polar surface area (TPSA) is 117 Å². The van der Waals surface area contributed by atoms with E-state index in [4.69, 9.17) is 21.1 Å². The van der Waals surface area contributed by atoms with E-state index in [0.717, 1.165) is 0 Å². The summed E-state index contributed by atoms with van der Waals surface area (Å²) in [5.41, 5.74) is -1.69. The van der Waals surface area contributed by atoms with Gasteiger partial charge in [0.15, 0.2) is 6.29 Å². The number of hydrogen-bond acceptors (Lipinski definition) is 8. The maximum absolute atomic E-state index is 10.7. The molecule has 1 heterocycles. The molecular formula is C18H30ClN3O5. The Hall–Kier alpha value is -1.03. The van der Waals surface area contributed by atoms with E-state index in [0.29, 0.717) is 37.4 Å². The summed E-state index contributed by atoms with van der Waals surface area (Å²) in [7, 11) is 0. The maximum Gasteiger partial charge on any atom is 0.161 e. The summed E-state index contributed by atoms with van der Waals surface area (Å²) < 4.78 is 11.2. The molecule has 1 aromatic heterocycles. The van der Waals surface area contributed by atoms with Gasteiger partial charge in [-0.1, -0.05) is 18.5 Å². The Kier molecular flexibility index (Phi) is 7.40. The van der Waals surface area contributed by atoms with Crippen molar-refractivity contribution in [2.24, 2.45) is 5.41 Å². The molecular weight excluding hydrogens is 374 g/mol. The van der Waals surface area contributed by atoms with Crippen molar-refractivity contribution < 1.29 is 24.8 Å². The van der Waals surface area contributed by atoms with Crippen LogP contribution in [0, 0.1) is 5.41 Å². The summed E-state index contributed by atoms with van der Waals surface area (Å²) in [6.07, 6.45) is 0.434. The van der Waals surface area contributed by atoms with Crippen molar-refractivity contribution in [3.63, 3.8) is 0 Å². The van der Waals surface area contributed by atoms with Crippen molar-refractivity contribution in [1.82, 2.24) is 9.97 Å². The third-order valence-corrected chi connectivity index (χ3v) is 5.81. The van der Waals surface area contributed by atoms with E-state index in [2.05, 4.69) is 15.3 Å². The van der Waals surface area contributed by atoms with Crippen LogP contribution in [0.3, 0.4) is 0 Å². The zero-order chi connectivity index (χ0) is 20.2. The number of anilines is 1. The average molecular weight is 404 g/mol. The minimum atomic E-state index is -1.45. The van der Waals surface area contributed by atoms with Crippen LogP contribution in [-0.2, 0) is 15.9 Å². The zero-order valence-electron chi connectivity index (χ0n) is 16.3. The highest BCUT2D eigenvalue weighted by atomic mass is 35.5. The summed E-state index contributed by atoms with van der Waals surface area (Å²) in [6, 6.07) is -0.514. The van der Waals surface area contributed by atoms with Crippen molar-refractivity contribution in [3.05, 3.63) is 17.0 Å². The molecule has 0 bridgehead atoms. The highest BCUT2D eigenvalue weighted by Gasteiger charge is 2.58. The third-order valence-electron chi connectivity index (χ3n) is 5.49. The van der Waals surface area contributed by atoms with Gasteiger partial charge < -0.3 is 30.1 Å². The van der Waals surface area contributed by atoms with Crippen LogP contribution in [0.2, 0.25) is 5.15 Å². The molecule has 0 spiro atoms. The summed E-state index contributed by atoms with van der Waals surface area (Å²) in [5.74, 6) is 0.446. The number of aromatic nitrogens is 2. The highest BCUT2D eigenvalue weighted by Crippen LogP contribution is 2.47. The molecule has 0 aliphatic heterocycles. The molecule has 27 heavy (non-hydrogen) atoms. The Balaban J connectivity index is 2.26. The van der Waals surface area contributed by atoms with Crippen molar-refractivity contribution in [3.8, 4) is 0 Å². The number of aliphatic hydroxyl groups excluding tert-OH is 2. The van der Waals surface area contributed by atoms with Crippen molar-refractivity contribution in [2.45, 2.75) is 64.6 Å². The second-order valence-corrected chi connectivity index (χ2v) is 7.66. The SMILES string of the molecule is CCOC(Cc1c(Cl)ncnc1N[C@@H]1C[C@](C)(CO)[C@@](C)(O)[C@H]1O)OCC. The number of nitrogens with one attached hydrogen (secondary N) is 1. The molecule has 2 rings (SSSR count). The molecule has 1 aliphatic carbocycles. The first-order chi connectivity index (χ1) is 12.7. The van der Waals surface area contributed by atoms with E-state index in [9.17, 15) is 15.3 Å². The van der Waals surface area contributed by atoms with E-state index in [1.54, 1.807) is 6.92 Å². The molecule has 154 valence electrons. The number of halogens is 1. The largest absolute Gasteiger partial charge is 0.396 e. The molecule has 4 N–H and O–H groups in total. The Labute approximate surface area is 164 Å². The van der Waals surface area contributed by atoms with Gasteiger partial charge in [0, 0.05) is 30.6 Å². The number of aliphatic hydroxyl groups is 3.